The molecule has 0 radical (unpaired) electrons. The van der Waals surface area contributed by atoms with Gasteiger partial charge in [0, 0.05) is 17.2 Å². The molecule has 0 aliphatic carbocycles. The van der Waals surface area contributed by atoms with E-state index in [4.69, 9.17) is 34.3 Å². The molecular formula is C14H10ClF2NOS. The van der Waals surface area contributed by atoms with Crippen molar-refractivity contribution < 1.29 is 13.5 Å². The second-order valence-electron chi connectivity index (χ2n) is 4.01. The fourth-order valence-electron chi connectivity index (χ4n) is 1.61. The second-order valence-corrected chi connectivity index (χ2v) is 4.85. The van der Waals surface area contributed by atoms with E-state index in [9.17, 15) is 8.78 Å². The van der Waals surface area contributed by atoms with Gasteiger partial charge in [-0.2, -0.15) is 0 Å². The molecule has 0 amide bonds. The Labute approximate surface area is 125 Å². The summed E-state index contributed by atoms with van der Waals surface area (Å²) in [6.45, 7) is -0.0375. The Morgan fingerprint density at radius 2 is 2.00 bits per heavy atom. The second kappa shape index (κ2) is 6.15. The zero-order valence-electron chi connectivity index (χ0n) is 10.2. The molecule has 0 bridgehead atoms. The summed E-state index contributed by atoms with van der Waals surface area (Å²) in [6, 6.07) is 8.61. The van der Waals surface area contributed by atoms with Gasteiger partial charge < -0.3 is 10.5 Å². The fourth-order valence-corrected chi connectivity index (χ4v) is 1.94. The molecule has 0 unspecified atom stereocenters. The molecule has 0 saturated carbocycles. The van der Waals surface area contributed by atoms with Gasteiger partial charge in [0.1, 0.15) is 29.0 Å². The first-order valence-corrected chi connectivity index (χ1v) is 6.42. The van der Waals surface area contributed by atoms with Crippen LogP contribution in [0.25, 0.3) is 0 Å². The van der Waals surface area contributed by atoms with Crippen molar-refractivity contribution in [2.45, 2.75) is 6.61 Å². The minimum Gasteiger partial charge on any atom is -0.489 e. The van der Waals surface area contributed by atoms with E-state index < -0.39 is 11.6 Å². The molecule has 0 atom stereocenters. The van der Waals surface area contributed by atoms with Crippen LogP contribution in [0.5, 0.6) is 5.75 Å². The van der Waals surface area contributed by atoms with Crippen LogP contribution in [0, 0.1) is 11.6 Å². The fraction of sp³-hybridized carbons (Fsp3) is 0.0714. The predicted octanol–water partition coefficient (Wildman–Crippen LogP) is 3.83. The van der Waals surface area contributed by atoms with Gasteiger partial charge in [-0.25, -0.2) is 8.78 Å². The summed E-state index contributed by atoms with van der Waals surface area (Å²) in [5.41, 5.74) is 5.89. The molecule has 0 fully saturated rings. The van der Waals surface area contributed by atoms with Crippen molar-refractivity contribution in [3.05, 3.63) is 64.2 Å². The number of rotatable bonds is 4. The smallest absolute Gasteiger partial charge is 0.142 e. The number of hydrogen-bond acceptors (Lipinski definition) is 2. The van der Waals surface area contributed by atoms with Crippen LogP contribution in [0.1, 0.15) is 11.1 Å². The molecule has 2 N–H and O–H groups in total. The molecular weight excluding hydrogens is 304 g/mol. The lowest BCUT2D eigenvalue weighted by Gasteiger charge is -2.09. The molecule has 0 aliphatic heterocycles. The van der Waals surface area contributed by atoms with Gasteiger partial charge in [0.05, 0.1) is 5.02 Å². The van der Waals surface area contributed by atoms with E-state index in [0.29, 0.717) is 11.3 Å². The Bertz CT molecular complexity index is 664. The molecule has 2 aromatic rings. The first-order chi connectivity index (χ1) is 9.49. The topological polar surface area (TPSA) is 35.2 Å². The third-order valence-electron chi connectivity index (χ3n) is 2.63. The van der Waals surface area contributed by atoms with Gasteiger partial charge >= 0.3 is 0 Å². The normalized spacial score (nSPS) is 10.3. The average molecular weight is 314 g/mol. The SMILES string of the molecule is NC(=S)c1cccc(COc2ccc(F)c(Cl)c2)c1F. The lowest BCUT2D eigenvalue weighted by atomic mass is 10.1. The third kappa shape index (κ3) is 3.23. The lowest BCUT2D eigenvalue weighted by Crippen LogP contribution is -2.13. The van der Waals surface area contributed by atoms with Crippen molar-refractivity contribution in [3.8, 4) is 5.75 Å². The highest BCUT2D eigenvalue weighted by molar-refractivity contribution is 7.80. The first kappa shape index (κ1) is 14.7. The Morgan fingerprint density at radius 1 is 1.25 bits per heavy atom. The first-order valence-electron chi connectivity index (χ1n) is 5.64. The van der Waals surface area contributed by atoms with Gasteiger partial charge in [0.2, 0.25) is 0 Å². The van der Waals surface area contributed by atoms with Gasteiger partial charge in [0.15, 0.2) is 0 Å². The van der Waals surface area contributed by atoms with Crippen molar-refractivity contribution >= 4 is 28.8 Å². The molecule has 0 heterocycles. The molecule has 0 aromatic heterocycles. The van der Waals surface area contributed by atoms with Crippen LogP contribution in [-0.4, -0.2) is 4.99 Å². The van der Waals surface area contributed by atoms with Crippen LogP contribution in [0.3, 0.4) is 0 Å². The van der Waals surface area contributed by atoms with Crippen molar-refractivity contribution in [2.24, 2.45) is 5.73 Å². The largest absolute Gasteiger partial charge is 0.489 e. The Morgan fingerprint density at radius 3 is 2.65 bits per heavy atom. The van der Waals surface area contributed by atoms with Gasteiger partial charge in [0.25, 0.3) is 0 Å². The maximum atomic E-state index is 14.0. The maximum absolute atomic E-state index is 14.0. The van der Waals surface area contributed by atoms with E-state index in [1.54, 1.807) is 12.1 Å². The Kier molecular flexibility index (Phi) is 4.52. The van der Waals surface area contributed by atoms with Crippen LogP contribution in [-0.2, 0) is 6.61 Å². The molecule has 0 spiro atoms. The van der Waals surface area contributed by atoms with Crippen LogP contribution in [0.4, 0.5) is 8.78 Å². The van der Waals surface area contributed by atoms with E-state index in [0.717, 1.165) is 0 Å². The summed E-state index contributed by atoms with van der Waals surface area (Å²) >= 11 is 10.4. The quantitative estimate of drug-likeness (QED) is 0.871. The van der Waals surface area contributed by atoms with Crippen LogP contribution in [0.2, 0.25) is 5.02 Å². The van der Waals surface area contributed by atoms with Crippen LogP contribution < -0.4 is 10.5 Å². The predicted molar refractivity (Wildman–Crippen MR) is 78.0 cm³/mol. The minimum absolute atomic E-state index is 0.0193. The Balaban J connectivity index is 2.17. The highest BCUT2D eigenvalue weighted by Gasteiger charge is 2.10. The van der Waals surface area contributed by atoms with Crippen molar-refractivity contribution in [1.29, 1.82) is 0 Å². The van der Waals surface area contributed by atoms with E-state index >= 15 is 0 Å². The van der Waals surface area contributed by atoms with Gasteiger partial charge in [-0.05, 0) is 18.2 Å². The number of nitrogens with two attached hydrogens (primary N) is 1. The number of hydrogen-bond donors (Lipinski definition) is 1. The van der Waals surface area contributed by atoms with Gasteiger partial charge in [-0.15, -0.1) is 0 Å². The number of halogens is 3. The third-order valence-corrected chi connectivity index (χ3v) is 3.14. The van der Waals surface area contributed by atoms with Gasteiger partial charge in [-0.3, -0.25) is 0 Å². The maximum Gasteiger partial charge on any atom is 0.142 e. The molecule has 0 aliphatic rings. The summed E-state index contributed by atoms with van der Waals surface area (Å²) in [5, 5.41) is -0.0557. The summed E-state index contributed by atoms with van der Waals surface area (Å²) in [5.74, 6) is -0.717. The highest BCUT2D eigenvalue weighted by Crippen LogP contribution is 2.22. The molecule has 2 aromatic carbocycles. The standard InChI is InChI=1S/C14H10ClF2NOS/c15-11-6-9(4-5-12(11)16)19-7-8-2-1-3-10(13(8)17)14(18)20/h1-6H,7H2,(H2,18,20). The van der Waals surface area contributed by atoms with Crippen molar-refractivity contribution in [3.63, 3.8) is 0 Å². The van der Waals surface area contributed by atoms with Gasteiger partial charge in [-0.1, -0.05) is 36.0 Å². The Hall–Kier alpha value is -1.72. The highest BCUT2D eigenvalue weighted by atomic mass is 35.5. The molecule has 2 rings (SSSR count). The van der Waals surface area contributed by atoms with E-state index in [2.05, 4.69) is 0 Å². The molecule has 2 nitrogen and oxygen atoms in total. The number of thiocarbonyl (C=S) groups is 1. The lowest BCUT2D eigenvalue weighted by molar-refractivity contribution is 0.299. The van der Waals surface area contributed by atoms with Crippen molar-refractivity contribution in [1.82, 2.24) is 0 Å². The summed E-state index contributed by atoms with van der Waals surface area (Å²) in [6.07, 6.45) is 0. The molecule has 6 heteroatoms. The monoisotopic (exact) mass is 313 g/mol. The van der Waals surface area contributed by atoms with E-state index in [1.165, 1.54) is 24.3 Å². The average Bonchev–Trinajstić information content (AvgIpc) is 2.41. The van der Waals surface area contributed by atoms with E-state index in [-0.39, 0.29) is 22.2 Å². The molecule has 104 valence electrons. The number of ether oxygens (including phenoxy) is 1. The summed E-state index contributed by atoms with van der Waals surface area (Å²) < 4.78 is 32.4. The molecule has 20 heavy (non-hydrogen) atoms. The van der Waals surface area contributed by atoms with Crippen molar-refractivity contribution in [2.75, 3.05) is 0 Å². The zero-order valence-corrected chi connectivity index (χ0v) is 11.8. The minimum atomic E-state index is -0.541. The molecule has 0 saturated heterocycles. The van der Waals surface area contributed by atoms with E-state index in [1.807, 2.05) is 0 Å². The van der Waals surface area contributed by atoms with Crippen LogP contribution in [0.15, 0.2) is 36.4 Å². The summed E-state index contributed by atoms with van der Waals surface area (Å²) in [7, 11) is 0. The number of benzene rings is 2. The van der Waals surface area contributed by atoms with Crippen LogP contribution >= 0.6 is 23.8 Å². The zero-order chi connectivity index (χ0) is 14.7. The summed E-state index contributed by atoms with van der Waals surface area (Å²) in [4.78, 5) is -0.0193.